The summed E-state index contributed by atoms with van der Waals surface area (Å²) < 4.78 is 7.53. The number of rotatable bonds is 6. The molecule has 0 fully saturated rings. The summed E-state index contributed by atoms with van der Waals surface area (Å²) in [5.41, 5.74) is 0. The molecule has 98 valence electrons. The van der Waals surface area contributed by atoms with Crippen LogP contribution in [-0.4, -0.2) is 21.8 Å². The highest BCUT2D eigenvalue weighted by molar-refractivity contribution is 5.46. The van der Waals surface area contributed by atoms with E-state index in [1.807, 2.05) is 30.8 Å². The van der Waals surface area contributed by atoms with Crippen molar-refractivity contribution in [1.82, 2.24) is 20.1 Å². The molecule has 2 rings (SSSR count). The van der Waals surface area contributed by atoms with E-state index in [1.165, 1.54) is 0 Å². The Labute approximate surface area is 107 Å². The second kappa shape index (κ2) is 5.82. The lowest BCUT2D eigenvalue weighted by atomic mass is 10.3. The first-order valence-corrected chi connectivity index (χ1v) is 6.39. The fourth-order valence-corrected chi connectivity index (χ4v) is 1.81. The molecule has 0 amide bonds. The van der Waals surface area contributed by atoms with Gasteiger partial charge in [-0.1, -0.05) is 13.3 Å². The smallest absolute Gasteiger partial charge is 0.217 e. The lowest BCUT2D eigenvalue weighted by Crippen LogP contribution is -2.13. The van der Waals surface area contributed by atoms with Crippen LogP contribution in [0.4, 0.5) is 0 Å². The minimum absolute atomic E-state index is 0.671. The SMILES string of the molecule is CCCCn1nc(-c2ccc(C)o2)nc1CNC. The summed E-state index contributed by atoms with van der Waals surface area (Å²) in [7, 11) is 1.91. The largest absolute Gasteiger partial charge is 0.458 e. The van der Waals surface area contributed by atoms with Gasteiger partial charge in [-0.15, -0.1) is 5.10 Å². The van der Waals surface area contributed by atoms with Gasteiger partial charge in [0.05, 0.1) is 6.54 Å². The molecule has 0 radical (unpaired) electrons. The van der Waals surface area contributed by atoms with Crippen LogP contribution in [0.2, 0.25) is 0 Å². The molecule has 0 atom stereocenters. The Hall–Kier alpha value is -1.62. The number of nitrogens with zero attached hydrogens (tertiary/aromatic N) is 3. The van der Waals surface area contributed by atoms with E-state index in [2.05, 4.69) is 22.3 Å². The van der Waals surface area contributed by atoms with Gasteiger partial charge in [-0.3, -0.25) is 0 Å². The third-order valence-electron chi connectivity index (χ3n) is 2.77. The fourth-order valence-electron chi connectivity index (χ4n) is 1.81. The summed E-state index contributed by atoms with van der Waals surface area (Å²) in [6, 6.07) is 3.85. The zero-order valence-corrected chi connectivity index (χ0v) is 11.2. The maximum Gasteiger partial charge on any atom is 0.217 e. The van der Waals surface area contributed by atoms with E-state index in [1.54, 1.807) is 0 Å². The predicted molar refractivity (Wildman–Crippen MR) is 70.1 cm³/mol. The van der Waals surface area contributed by atoms with Crippen molar-refractivity contribution in [2.75, 3.05) is 7.05 Å². The lowest BCUT2D eigenvalue weighted by Gasteiger charge is -2.03. The van der Waals surface area contributed by atoms with Crippen LogP contribution in [0, 0.1) is 6.92 Å². The van der Waals surface area contributed by atoms with Gasteiger partial charge < -0.3 is 9.73 Å². The van der Waals surface area contributed by atoms with Crippen LogP contribution in [0.15, 0.2) is 16.5 Å². The van der Waals surface area contributed by atoms with Crippen LogP contribution in [0.5, 0.6) is 0 Å². The molecule has 0 bridgehead atoms. The van der Waals surface area contributed by atoms with Crippen molar-refractivity contribution in [3.8, 4) is 11.6 Å². The molecule has 2 heterocycles. The molecule has 5 heteroatoms. The van der Waals surface area contributed by atoms with E-state index in [0.717, 1.165) is 43.3 Å². The van der Waals surface area contributed by atoms with Gasteiger partial charge in [0, 0.05) is 6.54 Å². The van der Waals surface area contributed by atoms with Gasteiger partial charge in [0.15, 0.2) is 5.76 Å². The Morgan fingerprint density at radius 3 is 2.83 bits per heavy atom. The summed E-state index contributed by atoms with van der Waals surface area (Å²) >= 11 is 0. The minimum atomic E-state index is 0.671. The van der Waals surface area contributed by atoms with E-state index < -0.39 is 0 Å². The molecule has 0 aliphatic heterocycles. The van der Waals surface area contributed by atoms with Crippen molar-refractivity contribution in [2.24, 2.45) is 0 Å². The summed E-state index contributed by atoms with van der Waals surface area (Å²) in [4.78, 5) is 4.53. The van der Waals surface area contributed by atoms with E-state index in [4.69, 9.17) is 4.42 Å². The van der Waals surface area contributed by atoms with Crippen molar-refractivity contribution in [3.05, 3.63) is 23.7 Å². The Bertz CT molecular complexity index is 501. The summed E-state index contributed by atoms with van der Waals surface area (Å²) in [6.45, 7) is 5.72. The number of hydrogen-bond donors (Lipinski definition) is 1. The Morgan fingerprint density at radius 1 is 1.39 bits per heavy atom. The number of hydrogen-bond acceptors (Lipinski definition) is 4. The molecule has 2 aromatic heterocycles. The standard InChI is InChI=1S/C13H20N4O/c1-4-5-8-17-12(9-14-3)15-13(16-17)11-7-6-10(2)18-11/h6-7,14H,4-5,8-9H2,1-3H3. The average Bonchev–Trinajstić information content (AvgIpc) is 2.94. The molecule has 0 saturated heterocycles. The first-order chi connectivity index (χ1) is 8.74. The molecule has 0 unspecified atom stereocenters. The number of aryl methyl sites for hydroxylation is 2. The molecule has 0 aliphatic carbocycles. The predicted octanol–water partition coefficient (Wildman–Crippen LogP) is 2.37. The van der Waals surface area contributed by atoms with Crippen molar-refractivity contribution in [2.45, 2.75) is 39.8 Å². The fraction of sp³-hybridized carbons (Fsp3) is 0.538. The van der Waals surface area contributed by atoms with Crippen LogP contribution in [0.25, 0.3) is 11.6 Å². The third-order valence-corrected chi connectivity index (χ3v) is 2.77. The van der Waals surface area contributed by atoms with Crippen LogP contribution in [-0.2, 0) is 13.1 Å². The van der Waals surface area contributed by atoms with E-state index in [9.17, 15) is 0 Å². The van der Waals surface area contributed by atoms with Crippen molar-refractivity contribution < 1.29 is 4.42 Å². The molecule has 5 nitrogen and oxygen atoms in total. The molecular formula is C13H20N4O. The first kappa shape index (κ1) is 12.8. The van der Waals surface area contributed by atoms with Crippen LogP contribution in [0.3, 0.4) is 0 Å². The van der Waals surface area contributed by atoms with E-state index in [0.29, 0.717) is 5.82 Å². The third kappa shape index (κ3) is 2.79. The molecular weight excluding hydrogens is 228 g/mol. The molecule has 2 aromatic rings. The van der Waals surface area contributed by atoms with Gasteiger partial charge in [-0.2, -0.15) is 0 Å². The van der Waals surface area contributed by atoms with Gasteiger partial charge in [0.2, 0.25) is 5.82 Å². The summed E-state index contributed by atoms with van der Waals surface area (Å²) in [5.74, 6) is 3.24. The van der Waals surface area contributed by atoms with Crippen molar-refractivity contribution in [1.29, 1.82) is 0 Å². The second-order valence-corrected chi connectivity index (χ2v) is 4.37. The Kier molecular flexibility index (Phi) is 4.15. The van der Waals surface area contributed by atoms with Crippen LogP contribution < -0.4 is 5.32 Å². The highest BCUT2D eigenvalue weighted by Gasteiger charge is 2.13. The average molecular weight is 248 g/mol. The molecule has 1 N–H and O–H groups in total. The van der Waals surface area contributed by atoms with Crippen molar-refractivity contribution in [3.63, 3.8) is 0 Å². The molecule has 0 saturated carbocycles. The zero-order valence-electron chi connectivity index (χ0n) is 11.2. The van der Waals surface area contributed by atoms with Crippen LogP contribution >= 0.6 is 0 Å². The van der Waals surface area contributed by atoms with Crippen LogP contribution in [0.1, 0.15) is 31.4 Å². The van der Waals surface area contributed by atoms with Gasteiger partial charge in [-0.25, -0.2) is 9.67 Å². The number of unbranched alkanes of at least 4 members (excludes halogenated alkanes) is 1. The van der Waals surface area contributed by atoms with Gasteiger partial charge >= 0.3 is 0 Å². The highest BCUT2D eigenvalue weighted by atomic mass is 16.3. The number of furan rings is 1. The quantitative estimate of drug-likeness (QED) is 0.852. The maximum atomic E-state index is 5.56. The van der Waals surface area contributed by atoms with E-state index in [-0.39, 0.29) is 0 Å². The lowest BCUT2D eigenvalue weighted by molar-refractivity contribution is 0.527. The zero-order chi connectivity index (χ0) is 13.0. The summed E-state index contributed by atoms with van der Waals surface area (Å²) in [6.07, 6.45) is 2.25. The first-order valence-electron chi connectivity index (χ1n) is 6.39. The van der Waals surface area contributed by atoms with E-state index >= 15 is 0 Å². The topological polar surface area (TPSA) is 55.9 Å². The Morgan fingerprint density at radius 2 is 2.22 bits per heavy atom. The minimum Gasteiger partial charge on any atom is -0.458 e. The molecule has 0 aromatic carbocycles. The number of aromatic nitrogens is 3. The maximum absolute atomic E-state index is 5.56. The normalized spacial score (nSPS) is 11.1. The molecule has 0 spiro atoms. The van der Waals surface area contributed by atoms with Gasteiger partial charge in [0.25, 0.3) is 0 Å². The number of nitrogens with one attached hydrogen (secondary N) is 1. The molecule has 0 aliphatic rings. The van der Waals surface area contributed by atoms with Gasteiger partial charge in [-0.05, 0) is 32.5 Å². The molecule has 18 heavy (non-hydrogen) atoms. The van der Waals surface area contributed by atoms with Gasteiger partial charge in [0.1, 0.15) is 11.6 Å². The highest BCUT2D eigenvalue weighted by Crippen LogP contribution is 2.19. The van der Waals surface area contributed by atoms with Crippen molar-refractivity contribution >= 4 is 0 Å². The monoisotopic (exact) mass is 248 g/mol. The Balaban J connectivity index is 2.26. The second-order valence-electron chi connectivity index (χ2n) is 4.37. The summed E-state index contributed by atoms with van der Waals surface area (Å²) in [5, 5.41) is 7.64.